The van der Waals surface area contributed by atoms with E-state index in [0.29, 0.717) is 0 Å². The Balaban J connectivity index is 2.68. The van der Waals surface area contributed by atoms with E-state index in [1.807, 2.05) is 6.92 Å². The Hall–Kier alpha value is -0.900. The lowest BCUT2D eigenvalue weighted by Gasteiger charge is -2.11. The van der Waals surface area contributed by atoms with Crippen LogP contribution in [0.25, 0.3) is 0 Å². The Labute approximate surface area is 85.2 Å². The van der Waals surface area contributed by atoms with E-state index in [1.165, 1.54) is 11.1 Å². The monoisotopic (exact) mass is 194 g/mol. The molecule has 0 saturated heterocycles. The highest BCUT2D eigenvalue weighted by molar-refractivity contribution is 5.25. The van der Waals surface area contributed by atoms with E-state index in [-0.39, 0.29) is 6.10 Å². The molecule has 1 unspecified atom stereocenters. The SMILES string of the molecule is COC(C)c1cccc(CCNN)c1. The van der Waals surface area contributed by atoms with E-state index < -0.39 is 0 Å². The third-order valence-electron chi connectivity index (χ3n) is 2.33. The van der Waals surface area contributed by atoms with Crippen LogP contribution in [0.5, 0.6) is 0 Å². The zero-order valence-corrected chi connectivity index (χ0v) is 8.79. The molecule has 0 aliphatic carbocycles. The summed E-state index contributed by atoms with van der Waals surface area (Å²) in [6, 6.07) is 8.39. The fraction of sp³-hybridized carbons (Fsp3) is 0.455. The van der Waals surface area contributed by atoms with E-state index in [2.05, 4.69) is 29.7 Å². The van der Waals surface area contributed by atoms with Crippen LogP contribution in [0.1, 0.15) is 24.2 Å². The van der Waals surface area contributed by atoms with Gasteiger partial charge in [0.15, 0.2) is 0 Å². The summed E-state index contributed by atoms with van der Waals surface area (Å²) in [4.78, 5) is 0. The van der Waals surface area contributed by atoms with E-state index in [4.69, 9.17) is 10.6 Å². The van der Waals surface area contributed by atoms with E-state index in [9.17, 15) is 0 Å². The molecule has 3 nitrogen and oxygen atoms in total. The molecular weight excluding hydrogens is 176 g/mol. The van der Waals surface area contributed by atoms with Crippen molar-refractivity contribution < 1.29 is 4.74 Å². The molecule has 78 valence electrons. The number of ether oxygens (including phenoxy) is 1. The lowest BCUT2D eigenvalue weighted by molar-refractivity contribution is 0.119. The van der Waals surface area contributed by atoms with Crippen LogP contribution in [-0.4, -0.2) is 13.7 Å². The number of benzene rings is 1. The molecule has 0 bridgehead atoms. The fourth-order valence-corrected chi connectivity index (χ4v) is 1.35. The maximum absolute atomic E-state index is 5.26. The summed E-state index contributed by atoms with van der Waals surface area (Å²) in [5.74, 6) is 5.23. The fourth-order valence-electron chi connectivity index (χ4n) is 1.35. The van der Waals surface area contributed by atoms with Gasteiger partial charge in [-0.2, -0.15) is 0 Å². The number of hydrazine groups is 1. The molecule has 0 aliphatic rings. The number of nitrogens with two attached hydrogens (primary N) is 1. The minimum Gasteiger partial charge on any atom is -0.377 e. The normalized spacial score (nSPS) is 12.8. The minimum absolute atomic E-state index is 0.154. The van der Waals surface area contributed by atoms with Crippen molar-refractivity contribution in [1.82, 2.24) is 5.43 Å². The molecule has 0 radical (unpaired) electrons. The van der Waals surface area contributed by atoms with Gasteiger partial charge in [0.1, 0.15) is 0 Å². The van der Waals surface area contributed by atoms with E-state index >= 15 is 0 Å². The molecule has 1 atom stereocenters. The van der Waals surface area contributed by atoms with Gasteiger partial charge in [0.2, 0.25) is 0 Å². The Morgan fingerprint density at radius 3 is 2.93 bits per heavy atom. The van der Waals surface area contributed by atoms with Crippen LogP contribution in [0.3, 0.4) is 0 Å². The first-order chi connectivity index (χ1) is 6.77. The topological polar surface area (TPSA) is 47.3 Å². The lowest BCUT2D eigenvalue weighted by Crippen LogP contribution is -2.24. The number of rotatable bonds is 5. The molecule has 3 heteroatoms. The van der Waals surface area contributed by atoms with Crippen LogP contribution < -0.4 is 11.3 Å². The molecule has 1 aromatic rings. The van der Waals surface area contributed by atoms with Crippen LogP contribution in [-0.2, 0) is 11.2 Å². The molecule has 1 rings (SSSR count). The third-order valence-corrected chi connectivity index (χ3v) is 2.33. The van der Waals surface area contributed by atoms with Crippen LogP contribution in [0.15, 0.2) is 24.3 Å². The summed E-state index contributed by atoms with van der Waals surface area (Å²) in [7, 11) is 1.72. The first kappa shape index (κ1) is 11.2. The Morgan fingerprint density at radius 2 is 2.29 bits per heavy atom. The highest BCUT2D eigenvalue weighted by Gasteiger charge is 2.03. The van der Waals surface area contributed by atoms with Gasteiger partial charge in [0, 0.05) is 13.7 Å². The van der Waals surface area contributed by atoms with Gasteiger partial charge in [-0.1, -0.05) is 24.3 Å². The second-order valence-corrected chi connectivity index (χ2v) is 3.33. The van der Waals surface area contributed by atoms with Crippen LogP contribution in [0.4, 0.5) is 0 Å². The number of nitrogens with one attached hydrogen (secondary N) is 1. The smallest absolute Gasteiger partial charge is 0.0793 e. The maximum Gasteiger partial charge on any atom is 0.0793 e. The van der Waals surface area contributed by atoms with Crippen molar-refractivity contribution in [2.75, 3.05) is 13.7 Å². The first-order valence-electron chi connectivity index (χ1n) is 4.83. The summed E-state index contributed by atoms with van der Waals surface area (Å²) < 4.78 is 5.26. The largest absolute Gasteiger partial charge is 0.377 e. The molecule has 3 N–H and O–H groups in total. The summed E-state index contributed by atoms with van der Waals surface area (Å²) >= 11 is 0. The average Bonchev–Trinajstić information content (AvgIpc) is 2.25. The van der Waals surface area contributed by atoms with Crippen LogP contribution >= 0.6 is 0 Å². The minimum atomic E-state index is 0.154. The second-order valence-electron chi connectivity index (χ2n) is 3.33. The zero-order chi connectivity index (χ0) is 10.4. The van der Waals surface area contributed by atoms with E-state index in [0.717, 1.165) is 13.0 Å². The van der Waals surface area contributed by atoms with Crippen molar-refractivity contribution in [1.29, 1.82) is 0 Å². The Kier molecular flexibility index (Phi) is 4.59. The van der Waals surface area contributed by atoms with Crippen molar-refractivity contribution in [2.45, 2.75) is 19.4 Å². The van der Waals surface area contributed by atoms with Gasteiger partial charge in [0.25, 0.3) is 0 Å². The summed E-state index contributed by atoms with van der Waals surface area (Å²) in [6.45, 7) is 2.84. The van der Waals surface area contributed by atoms with Gasteiger partial charge >= 0.3 is 0 Å². The molecule has 0 amide bonds. The van der Waals surface area contributed by atoms with Crippen molar-refractivity contribution in [2.24, 2.45) is 5.84 Å². The van der Waals surface area contributed by atoms with Gasteiger partial charge in [0.05, 0.1) is 6.10 Å². The molecule has 14 heavy (non-hydrogen) atoms. The molecule has 0 fully saturated rings. The molecule has 0 spiro atoms. The predicted molar refractivity (Wildman–Crippen MR) is 57.8 cm³/mol. The highest BCUT2D eigenvalue weighted by atomic mass is 16.5. The quantitative estimate of drug-likeness (QED) is 0.550. The molecule has 1 aromatic carbocycles. The summed E-state index contributed by atoms with van der Waals surface area (Å²) in [5, 5.41) is 0. The predicted octanol–water partition coefficient (Wildman–Crippen LogP) is 1.40. The van der Waals surface area contributed by atoms with Crippen molar-refractivity contribution in [3.63, 3.8) is 0 Å². The van der Waals surface area contributed by atoms with Crippen LogP contribution in [0, 0.1) is 0 Å². The van der Waals surface area contributed by atoms with Crippen molar-refractivity contribution in [3.8, 4) is 0 Å². The first-order valence-corrected chi connectivity index (χ1v) is 4.83. The van der Waals surface area contributed by atoms with Gasteiger partial charge < -0.3 is 4.74 Å². The third kappa shape index (κ3) is 3.10. The molecule has 0 saturated carbocycles. The second kappa shape index (κ2) is 5.75. The van der Waals surface area contributed by atoms with Gasteiger partial charge in [-0.05, 0) is 24.5 Å². The van der Waals surface area contributed by atoms with Gasteiger partial charge in [-0.25, -0.2) is 0 Å². The standard InChI is InChI=1S/C11H18N2O/c1-9(14-2)11-5-3-4-10(8-11)6-7-13-12/h3-5,8-9,13H,6-7,12H2,1-2H3. The van der Waals surface area contributed by atoms with Gasteiger partial charge in [-0.3, -0.25) is 11.3 Å². The molecule has 0 heterocycles. The lowest BCUT2D eigenvalue weighted by atomic mass is 10.1. The van der Waals surface area contributed by atoms with Crippen molar-refractivity contribution in [3.05, 3.63) is 35.4 Å². The Bertz CT molecular complexity index is 276. The van der Waals surface area contributed by atoms with Crippen molar-refractivity contribution >= 4 is 0 Å². The molecule has 0 aliphatic heterocycles. The maximum atomic E-state index is 5.26. The average molecular weight is 194 g/mol. The zero-order valence-electron chi connectivity index (χ0n) is 8.79. The molecular formula is C11H18N2O. The summed E-state index contributed by atoms with van der Waals surface area (Å²) in [5.41, 5.74) is 5.14. The number of methoxy groups -OCH3 is 1. The molecule has 0 aromatic heterocycles. The number of hydrogen-bond donors (Lipinski definition) is 2. The van der Waals surface area contributed by atoms with E-state index in [1.54, 1.807) is 7.11 Å². The highest BCUT2D eigenvalue weighted by Crippen LogP contribution is 2.16. The van der Waals surface area contributed by atoms with Crippen LogP contribution in [0.2, 0.25) is 0 Å². The van der Waals surface area contributed by atoms with Gasteiger partial charge in [-0.15, -0.1) is 0 Å². The summed E-state index contributed by atoms with van der Waals surface area (Å²) in [6.07, 6.45) is 1.10. The number of hydrogen-bond acceptors (Lipinski definition) is 3. The Morgan fingerprint density at radius 1 is 1.50 bits per heavy atom.